The van der Waals surface area contributed by atoms with Crippen LogP contribution in [-0.2, 0) is 0 Å². The number of aryl methyl sites for hydroxylation is 3. The monoisotopic (exact) mass is 293 g/mol. The fraction of sp³-hybridized carbons (Fsp3) is 0.250. The molecule has 2 aromatic rings. The molecule has 0 fully saturated rings. The van der Waals surface area contributed by atoms with Crippen molar-refractivity contribution in [2.24, 2.45) is 5.73 Å². The largest absolute Gasteiger partial charge is 0.320 e. The Labute approximate surface area is 124 Å². The molecule has 0 spiro atoms. The highest BCUT2D eigenvalue weighted by Gasteiger charge is 2.15. The molecule has 1 nitrogen and oxygen atoms in total. The van der Waals surface area contributed by atoms with Crippen molar-refractivity contribution in [3.05, 3.63) is 68.2 Å². The molecule has 0 aliphatic carbocycles. The third-order valence-electron chi connectivity index (χ3n) is 3.51. The number of hydrogen-bond acceptors (Lipinski definition) is 1. The van der Waals surface area contributed by atoms with Gasteiger partial charge in [0.2, 0.25) is 0 Å². The molecule has 2 rings (SSSR count). The van der Waals surface area contributed by atoms with Gasteiger partial charge in [0.25, 0.3) is 0 Å². The van der Waals surface area contributed by atoms with Gasteiger partial charge in [-0.1, -0.05) is 35.3 Å². The van der Waals surface area contributed by atoms with Crippen molar-refractivity contribution in [3.8, 4) is 0 Å². The van der Waals surface area contributed by atoms with Crippen molar-refractivity contribution >= 4 is 23.2 Å². The Kier molecular flexibility index (Phi) is 4.19. The minimum Gasteiger partial charge on any atom is -0.320 e. The highest BCUT2D eigenvalue weighted by Crippen LogP contribution is 2.31. The minimum atomic E-state index is -0.232. The highest BCUT2D eigenvalue weighted by atomic mass is 35.5. The van der Waals surface area contributed by atoms with Gasteiger partial charge in [0.05, 0.1) is 6.04 Å². The van der Waals surface area contributed by atoms with Crippen molar-refractivity contribution in [2.75, 3.05) is 0 Å². The summed E-state index contributed by atoms with van der Waals surface area (Å²) < 4.78 is 0. The van der Waals surface area contributed by atoms with E-state index >= 15 is 0 Å². The first-order chi connectivity index (χ1) is 8.90. The second-order valence-electron chi connectivity index (χ2n) is 4.94. The molecule has 0 bridgehead atoms. The van der Waals surface area contributed by atoms with Crippen molar-refractivity contribution in [2.45, 2.75) is 26.8 Å². The summed E-state index contributed by atoms with van der Waals surface area (Å²) in [4.78, 5) is 0. The van der Waals surface area contributed by atoms with E-state index in [2.05, 4.69) is 13.0 Å². The third kappa shape index (κ3) is 2.94. The summed E-state index contributed by atoms with van der Waals surface area (Å²) in [5.41, 5.74) is 11.8. The van der Waals surface area contributed by atoms with Gasteiger partial charge >= 0.3 is 0 Å². The first-order valence-electron chi connectivity index (χ1n) is 6.18. The van der Waals surface area contributed by atoms with Gasteiger partial charge in [0.1, 0.15) is 0 Å². The fourth-order valence-electron chi connectivity index (χ4n) is 2.20. The molecule has 3 heteroatoms. The van der Waals surface area contributed by atoms with Gasteiger partial charge in [0, 0.05) is 10.0 Å². The lowest BCUT2D eigenvalue weighted by Crippen LogP contribution is -2.14. The maximum absolute atomic E-state index is 6.36. The van der Waals surface area contributed by atoms with Crippen LogP contribution >= 0.6 is 23.2 Å². The second kappa shape index (κ2) is 5.54. The molecule has 0 aromatic heterocycles. The molecule has 0 saturated heterocycles. The molecule has 100 valence electrons. The predicted molar refractivity (Wildman–Crippen MR) is 83.1 cm³/mol. The lowest BCUT2D eigenvalue weighted by atomic mass is 9.93. The predicted octanol–water partition coefficient (Wildman–Crippen LogP) is 4.97. The van der Waals surface area contributed by atoms with E-state index in [9.17, 15) is 0 Å². The molecule has 0 aliphatic heterocycles. The van der Waals surface area contributed by atoms with Crippen LogP contribution in [0.3, 0.4) is 0 Å². The Bertz CT molecular complexity index is 620. The topological polar surface area (TPSA) is 26.0 Å². The molecule has 19 heavy (non-hydrogen) atoms. The fourth-order valence-corrected chi connectivity index (χ4v) is 2.76. The van der Waals surface area contributed by atoms with Crippen LogP contribution in [0.4, 0.5) is 0 Å². The van der Waals surface area contributed by atoms with Crippen LogP contribution in [0.15, 0.2) is 30.3 Å². The lowest BCUT2D eigenvalue weighted by molar-refractivity contribution is 0.859. The van der Waals surface area contributed by atoms with Crippen LogP contribution in [0.25, 0.3) is 0 Å². The molecule has 2 N–H and O–H groups in total. The summed E-state index contributed by atoms with van der Waals surface area (Å²) >= 11 is 12.3. The van der Waals surface area contributed by atoms with E-state index in [0.29, 0.717) is 5.02 Å². The van der Waals surface area contributed by atoms with Crippen molar-refractivity contribution < 1.29 is 0 Å². The molecule has 1 atom stereocenters. The van der Waals surface area contributed by atoms with E-state index < -0.39 is 0 Å². The second-order valence-corrected chi connectivity index (χ2v) is 5.78. The highest BCUT2D eigenvalue weighted by molar-refractivity contribution is 6.31. The zero-order valence-corrected chi connectivity index (χ0v) is 12.8. The Morgan fingerprint density at radius 3 is 2.11 bits per heavy atom. The standard InChI is InChI=1S/C16H17Cl2N/c1-9-7-14(15(18)8-10(9)2)16(19)13-5-4-12(17)6-11(13)3/h4-8,16H,19H2,1-3H3. The summed E-state index contributed by atoms with van der Waals surface area (Å²) in [6.07, 6.45) is 0. The SMILES string of the molecule is Cc1cc(Cl)c(C(N)c2ccc(Cl)cc2C)cc1C. The van der Waals surface area contributed by atoms with Crippen LogP contribution in [0.2, 0.25) is 10.0 Å². The Balaban J connectivity index is 2.49. The molecule has 0 amide bonds. The van der Waals surface area contributed by atoms with Crippen LogP contribution in [-0.4, -0.2) is 0 Å². The van der Waals surface area contributed by atoms with Gasteiger partial charge in [-0.05, 0) is 66.8 Å². The van der Waals surface area contributed by atoms with Crippen LogP contribution in [0.5, 0.6) is 0 Å². The molecular formula is C16H17Cl2N. The van der Waals surface area contributed by atoms with E-state index in [1.807, 2.05) is 38.1 Å². The van der Waals surface area contributed by atoms with E-state index in [1.165, 1.54) is 11.1 Å². The maximum atomic E-state index is 6.36. The Morgan fingerprint density at radius 1 is 0.842 bits per heavy atom. The van der Waals surface area contributed by atoms with Crippen molar-refractivity contribution in [1.82, 2.24) is 0 Å². The molecule has 1 unspecified atom stereocenters. The zero-order valence-electron chi connectivity index (χ0n) is 11.3. The van der Waals surface area contributed by atoms with E-state index in [1.54, 1.807) is 0 Å². The van der Waals surface area contributed by atoms with E-state index in [-0.39, 0.29) is 6.04 Å². The molecular weight excluding hydrogens is 277 g/mol. The molecule has 0 radical (unpaired) electrons. The average molecular weight is 294 g/mol. The number of hydrogen-bond donors (Lipinski definition) is 1. The Hall–Kier alpha value is -1.02. The first kappa shape index (κ1) is 14.4. The summed E-state index contributed by atoms with van der Waals surface area (Å²) in [7, 11) is 0. The molecule has 0 heterocycles. The summed E-state index contributed by atoms with van der Waals surface area (Å²) in [6.45, 7) is 6.12. The summed E-state index contributed by atoms with van der Waals surface area (Å²) in [6, 6.07) is 9.55. The summed E-state index contributed by atoms with van der Waals surface area (Å²) in [5, 5.41) is 1.43. The number of rotatable bonds is 2. The molecule has 0 aliphatic rings. The minimum absolute atomic E-state index is 0.232. The lowest BCUT2D eigenvalue weighted by Gasteiger charge is -2.18. The maximum Gasteiger partial charge on any atom is 0.0569 e. The first-order valence-corrected chi connectivity index (χ1v) is 6.94. The quantitative estimate of drug-likeness (QED) is 0.831. The molecule has 2 aromatic carbocycles. The summed E-state index contributed by atoms with van der Waals surface area (Å²) in [5.74, 6) is 0. The van der Waals surface area contributed by atoms with Gasteiger partial charge < -0.3 is 5.73 Å². The zero-order chi connectivity index (χ0) is 14.2. The van der Waals surface area contributed by atoms with Gasteiger partial charge in [-0.3, -0.25) is 0 Å². The number of benzene rings is 2. The van der Waals surface area contributed by atoms with Crippen molar-refractivity contribution in [3.63, 3.8) is 0 Å². The van der Waals surface area contributed by atoms with Crippen LogP contribution in [0.1, 0.15) is 33.9 Å². The Morgan fingerprint density at radius 2 is 1.47 bits per heavy atom. The number of halogens is 2. The normalized spacial score (nSPS) is 12.5. The smallest absolute Gasteiger partial charge is 0.0569 e. The van der Waals surface area contributed by atoms with Crippen molar-refractivity contribution in [1.29, 1.82) is 0 Å². The van der Waals surface area contributed by atoms with E-state index in [4.69, 9.17) is 28.9 Å². The third-order valence-corrected chi connectivity index (χ3v) is 4.08. The van der Waals surface area contributed by atoms with E-state index in [0.717, 1.165) is 21.7 Å². The van der Waals surface area contributed by atoms with Crippen LogP contribution < -0.4 is 5.73 Å². The average Bonchev–Trinajstić information content (AvgIpc) is 2.33. The molecule has 0 saturated carbocycles. The van der Waals surface area contributed by atoms with Gasteiger partial charge in [-0.25, -0.2) is 0 Å². The van der Waals surface area contributed by atoms with Gasteiger partial charge in [-0.2, -0.15) is 0 Å². The van der Waals surface area contributed by atoms with Gasteiger partial charge in [0.15, 0.2) is 0 Å². The van der Waals surface area contributed by atoms with Crippen LogP contribution in [0, 0.1) is 20.8 Å². The van der Waals surface area contributed by atoms with Gasteiger partial charge in [-0.15, -0.1) is 0 Å². The number of nitrogens with two attached hydrogens (primary N) is 1.